The van der Waals surface area contributed by atoms with E-state index in [1.807, 2.05) is 27.8 Å². The summed E-state index contributed by atoms with van der Waals surface area (Å²) in [4.78, 5) is 11.7. The van der Waals surface area contributed by atoms with Gasteiger partial charge in [-0.05, 0) is 53.5 Å². The summed E-state index contributed by atoms with van der Waals surface area (Å²) in [5.41, 5.74) is 0. The van der Waals surface area contributed by atoms with Gasteiger partial charge in [-0.2, -0.15) is 0 Å². The molecule has 0 aromatic heterocycles. The van der Waals surface area contributed by atoms with Crippen molar-refractivity contribution in [2.45, 2.75) is 70.7 Å². The molecule has 1 saturated carbocycles. The highest BCUT2D eigenvalue weighted by molar-refractivity contribution is 5.80. The molecule has 100 valence electrons. The summed E-state index contributed by atoms with van der Waals surface area (Å²) in [5.74, 6) is -0.00394. The predicted octanol–water partition coefficient (Wildman–Crippen LogP) is 1.45. The molecule has 1 amide bonds. The Morgan fingerprint density at radius 1 is 1.18 bits per heavy atom. The van der Waals surface area contributed by atoms with E-state index in [0.29, 0.717) is 6.04 Å². The Balaban J connectivity index is 2.27. The molecule has 1 aliphatic carbocycles. The number of rotatable bonds is 5. The normalized spacial score (nSPS) is 26.9. The topological polar surface area (TPSA) is 50.4 Å². The van der Waals surface area contributed by atoms with Crippen molar-refractivity contribution in [1.29, 1.82) is 0 Å². The third-order valence-corrected chi connectivity index (χ3v) is 3.28. The molecule has 0 bridgehead atoms. The van der Waals surface area contributed by atoms with E-state index in [1.165, 1.54) is 0 Å². The zero-order chi connectivity index (χ0) is 12.8. The fourth-order valence-electron chi connectivity index (χ4n) is 2.24. The summed E-state index contributed by atoms with van der Waals surface area (Å²) in [5, 5.41) is 6.17. The smallest absolute Gasteiger partial charge is 0.249 e. The number of carbonyl (C=O) groups excluding carboxylic acids is 1. The van der Waals surface area contributed by atoms with E-state index >= 15 is 0 Å². The van der Waals surface area contributed by atoms with Crippen LogP contribution in [0.3, 0.4) is 0 Å². The molecule has 4 heteroatoms. The lowest BCUT2D eigenvalue weighted by molar-refractivity contribution is -0.137. The van der Waals surface area contributed by atoms with Crippen molar-refractivity contribution in [1.82, 2.24) is 10.6 Å². The molecule has 1 aliphatic rings. The van der Waals surface area contributed by atoms with E-state index in [9.17, 15) is 4.79 Å². The van der Waals surface area contributed by atoms with Crippen LogP contribution in [0.2, 0.25) is 0 Å². The van der Waals surface area contributed by atoms with Crippen LogP contribution in [0.25, 0.3) is 0 Å². The van der Waals surface area contributed by atoms with Crippen molar-refractivity contribution in [3.8, 4) is 0 Å². The molecule has 1 rings (SSSR count). The maximum absolute atomic E-state index is 11.7. The van der Waals surface area contributed by atoms with E-state index < -0.39 is 0 Å². The van der Waals surface area contributed by atoms with Gasteiger partial charge in [0.05, 0.1) is 6.10 Å². The van der Waals surface area contributed by atoms with Gasteiger partial charge in [0.2, 0.25) is 5.91 Å². The highest BCUT2D eigenvalue weighted by Crippen LogP contribution is 2.22. The molecule has 4 nitrogen and oxygen atoms in total. The number of hydrogen-bond acceptors (Lipinski definition) is 3. The van der Waals surface area contributed by atoms with Gasteiger partial charge in [0.1, 0.15) is 6.10 Å². The van der Waals surface area contributed by atoms with Gasteiger partial charge in [0.15, 0.2) is 0 Å². The van der Waals surface area contributed by atoms with Crippen molar-refractivity contribution in [2.75, 3.05) is 7.05 Å². The molecule has 0 aromatic rings. The van der Waals surface area contributed by atoms with E-state index in [0.717, 1.165) is 25.7 Å². The van der Waals surface area contributed by atoms with Crippen LogP contribution in [-0.4, -0.2) is 37.2 Å². The van der Waals surface area contributed by atoms with Crippen LogP contribution in [0.15, 0.2) is 0 Å². The number of ether oxygens (including phenoxy) is 1. The minimum absolute atomic E-state index is 0.00394. The molecule has 0 aliphatic heterocycles. The molecular formula is C13H26N2O2. The quantitative estimate of drug-likeness (QED) is 0.767. The average Bonchev–Trinajstić information content (AvgIpc) is 2.29. The molecule has 0 saturated heterocycles. The highest BCUT2D eigenvalue weighted by atomic mass is 16.5. The van der Waals surface area contributed by atoms with Gasteiger partial charge in [0, 0.05) is 12.1 Å². The maximum Gasteiger partial charge on any atom is 0.249 e. The second kappa shape index (κ2) is 6.97. The summed E-state index contributed by atoms with van der Waals surface area (Å²) in [7, 11) is 2.00. The van der Waals surface area contributed by atoms with Crippen molar-refractivity contribution >= 4 is 5.91 Å². The fraction of sp³-hybridized carbons (Fsp3) is 0.923. The molecule has 2 N–H and O–H groups in total. The zero-order valence-corrected chi connectivity index (χ0v) is 11.5. The molecule has 1 fully saturated rings. The van der Waals surface area contributed by atoms with Gasteiger partial charge in [-0.15, -0.1) is 0 Å². The number of amides is 1. The highest BCUT2D eigenvalue weighted by Gasteiger charge is 2.24. The van der Waals surface area contributed by atoms with Crippen LogP contribution in [0, 0.1) is 0 Å². The molecule has 0 heterocycles. The lowest BCUT2D eigenvalue weighted by Crippen LogP contribution is -2.41. The molecular weight excluding hydrogens is 216 g/mol. The van der Waals surface area contributed by atoms with Gasteiger partial charge >= 0.3 is 0 Å². The van der Waals surface area contributed by atoms with Crippen molar-refractivity contribution < 1.29 is 9.53 Å². The largest absolute Gasteiger partial charge is 0.365 e. The van der Waals surface area contributed by atoms with Crippen LogP contribution >= 0.6 is 0 Å². The molecule has 1 atom stereocenters. The SMILES string of the molecule is CNC1CCC(OC(C)C(=O)NC(C)C)CC1. The van der Waals surface area contributed by atoms with Gasteiger partial charge in [0.25, 0.3) is 0 Å². The monoisotopic (exact) mass is 242 g/mol. The fourth-order valence-corrected chi connectivity index (χ4v) is 2.24. The zero-order valence-electron chi connectivity index (χ0n) is 11.5. The molecule has 0 aromatic carbocycles. The predicted molar refractivity (Wildman–Crippen MR) is 68.9 cm³/mol. The Kier molecular flexibility index (Phi) is 5.92. The van der Waals surface area contributed by atoms with E-state index in [1.54, 1.807) is 0 Å². The summed E-state index contributed by atoms with van der Waals surface area (Å²) >= 11 is 0. The average molecular weight is 242 g/mol. The van der Waals surface area contributed by atoms with Crippen molar-refractivity contribution in [3.05, 3.63) is 0 Å². The van der Waals surface area contributed by atoms with E-state index in [-0.39, 0.29) is 24.2 Å². The van der Waals surface area contributed by atoms with Crippen LogP contribution in [-0.2, 0) is 9.53 Å². The molecule has 17 heavy (non-hydrogen) atoms. The van der Waals surface area contributed by atoms with E-state index in [4.69, 9.17) is 4.74 Å². The summed E-state index contributed by atoms with van der Waals surface area (Å²) in [6.45, 7) is 5.76. The summed E-state index contributed by atoms with van der Waals surface area (Å²) in [6.07, 6.45) is 4.27. The van der Waals surface area contributed by atoms with Gasteiger partial charge in [-0.3, -0.25) is 4.79 Å². The van der Waals surface area contributed by atoms with Crippen LogP contribution in [0.5, 0.6) is 0 Å². The first-order valence-electron chi connectivity index (χ1n) is 6.66. The first-order valence-corrected chi connectivity index (χ1v) is 6.66. The van der Waals surface area contributed by atoms with Gasteiger partial charge in [-0.1, -0.05) is 0 Å². The Morgan fingerprint density at radius 2 is 1.76 bits per heavy atom. The second-order valence-electron chi connectivity index (χ2n) is 5.20. The molecule has 1 unspecified atom stereocenters. The van der Waals surface area contributed by atoms with Crippen molar-refractivity contribution in [3.63, 3.8) is 0 Å². The third-order valence-electron chi connectivity index (χ3n) is 3.28. The van der Waals surface area contributed by atoms with Crippen LogP contribution in [0.1, 0.15) is 46.5 Å². The molecule has 0 radical (unpaired) electrons. The first kappa shape index (κ1) is 14.5. The van der Waals surface area contributed by atoms with Crippen LogP contribution < -0.4 is 10.6 Å². The summed E-state index contributed by atoms with van der Waals surface area (Å²) in [6, 6.07) is 0.795. The van der Waals surface area contributed by atoms with Gasteiger partial charge in [-0.25, -0.2) is 0 Å². The Labute approximate surface area is 104 Å². The van der Waals surface area contributed by atoms with E-state index in [2.05, 4.69) is 10.6 Å². The third kappa shape index (κ3) is 5.04. The minimum Gasteiger partial charge on any atom is -0.365 e. The Morgan fingerprint density at radius 3 is 2.24 bits per heavy atom. The lowest BCUT2D eigenvalue weighted by Gasteiger charge is -2.30. The summed E-state index contributed by atoms with van der Waals surface area (Å²) < 4.78 is 5.81. The Hall–Kier alpha value is -0.610. The first-order chi connectivity index (χ1) is 8.02. The number of nitrogens with one attached hydrogen (secondary N) is 2. The Bertz CT molecular complexity index is 236. The maximum atomic E-state index is 11.7. The van der Waals surface area contributed by atoms with Crippen LogP contribution in [0.4, 0.5) is 0 Å². The minimum atomic E-state index is -0.339. The van der Waals surface area contributed by atoms with Gasteiger partial charge < -0.3 is 15.4 Å². The lowest BCUT2D eigenvalue weighted by atomic mass is 9.93. The second-order valence-corrected chi connectivity index (χ2v) is 5.20. The molecule has 0 spiro atoms. The standard InChI is InChI=1S/C13H26N2O2/c1-9(2)15-13(16)10(3)17-12-7-5-11(14-4)6-8-12/h9-12,14H,5-8H2,1-4H3,(H,15,16). The number of hydrogen-bond donors (Lipinski definition) is 2. The number of carbonyl (C=O) groups is 1. The van der Waals surface area contributed by atoms with Crippen molar-refractivity contribution in [2.24, 2.45) is 0 Å².